The summed E-state index contributed by atoms with van der Waals surface area (Å²) >= 11 is 4.47. The van der Waals surface area contributed by atoms with Crippen molar-refractivity contribution in [1.82, 2.24) is 5.32 Å². The lowest BCUT2D eigenvalue weighted by Crippen LogP contribution is -2.31. The number of para-hydroxylation sites is 2. The van der Waals surface area contributed by atoms with Crippen LogP contribution in [-0.2, 0) is 9.59 Å². The van der Waals surface area contributed by atoms with Gasteiger partial charge in [0.25, 0.3) is 5.91 Å². The minimum absolute atomic E-state index is 0.0103. The second-order valence-electron chi connectivity index (χ2n) is 8.47. The summed E-state index contributed by atoms with van der Waals surface area (Å²) in [6, 6.07) is 22.3. The molecule has 10 heteroatoms. The van der Waals surface area contributed by atoms with Crippen molar-refractivity contribution in [1.29, 1.82) is 5.26 Å². The minimum atomic E-state index is -0.996. The molecule has 7 nitrogen and oxygen atoms in total. The molecule has 0 saturated carbocycles. The third-order valence-electron chi connectivity index (χ3n) is 5.94. The van der Waals surface area contributed by atoms with Crippen LogP contribution in [0.2, 0.25) is 0 Å². The average Bonchev–Trinajstić information content (AvgIpc) is 2.93. The summed E-state index contributed by atoms with van der Waals surface area (Å²) in [6.45, 7) is 1.68. The lowest BCUT2D eigenvalue weighted by atomic mass is 9.82. The first-order chi connectivity index (χ1) is 18.8. The Morgan fingerprint density at radius 3 is 2.46 bits per heavy atom. The zero-order valence-electron chi connectivity index (χ0n) is 21.0. The number of thioether (sulfide) groups is 1. The summed E-state index contributed by atoms with van der Waals surface area (Å²) < 4.78 is 21.3. The van der Waals surface area contributed by atoms with E-state index in [-0.39, 0.29) is 28.4 Å². The molecule has 3 aromatic carbocycles. The first-order valence-electron chi connectivity index (χ1n) is 11.8. The van der Waals surface area contributed by atoms with Gasteiger partial charge in [-0.1, -0.05) is 58.0 Å². The number of hydrogen-bond acceptors (Lipinski definition) is 6. The van der Waals surface area contributed by atoms with Crippen molar-refractivity contribution in [3.8, 4) is 11.8 Å². The summed E-state index contributed by atoms with van der Waals surface area (Å²) in [6.07, 6.45) is 0. The van der Waals surface area contributed by atoms with Gasteiger partial charge in [0.15, 0.2) is 0 Å². The highest BCUT2D eigenvalue weighted by atomic mass is 79.9. The van der Waals surface area contributed by atoms with Gasteiger partial charge in [-0.25, -0.2) is 4.39 Å². The number of anilines is 2. The van der Waals surface area contributed by atoms with Gasteiger partial charge < -0.3 is 20.7 Å². The number of nitriles is 1. The smallest absolute Gasteiger partial charge is 0.254 e. The molecule has 1 aliphatic heterocycles. The number of dihydropyridines is 1. The molecule has 0 bridgehead atoms. The highest BCUT2D eigenvalue weighted by Gasteiger charge is 2.36. The average molecular weight is 608 g/mol. The van der Waals surface area contributed by atoms with Gasteiger partial charge in [-0.2, -0.15) is 5.26 Å². The van der Waals surface area contributed by atoms with Gasteiger partial charge >= 0.3 is 0 Å². The zero-order valence-corrected chi connectivity index (χ0v) is 23.5. The number of allylic oxidation sites excluding steroid dienone is 2. The number of benzene rings is 3. The molecule has 0 unspecified atom stereocenters. The molecule has 0 aliphatic carbocycles. The van der Waals surface area contributed by atoms with Crippen LogP contribution in [0.5, 0.6) is 5.75 Å². The Balaban J connectivity index is 1.65. The Morgan fingerprint density at radius 2 is 1.77 bits per heavy atom. The minimum Gasteiger partial charge on any atom is -0.495 e. The molecule has 39 heavy (non-hydrogen) atoms. The van der Waals surface area contributed by atoms with Gasteiger partial charge in [-0.05, 0) is 49.4 Å². The maximum absolute atomic E-state index is 15.1. The van der Waals surface area contributed by atoms with Crippen LogP contribution in [0.3, 0.4) is 0 Å². The van der Waals surface area contributed by atoms with Crippen molar-refractivity contribution in [3.63, 3.8) is 0 Å². The van der Waals surface area contributed by atoms with E-state index >= 15 is 4.39 Å². The van der Waals surface area contributed by atoms with Crippen LogP contribution in [-0.4, -0.2) is 24.7 Å². The number of methoxy groups -OCH3 is 1. The standard InChI is InChI=1S/C29H24BrFN4O3S/c1-17-26(28(37)35-23-9-5-6-10-24(23)38-2)27(20-7-3-4-8-22(20)31)21(15-32)29(33-17)39-16-25(36)34-19-13-11-18(30)12-14-19/h3-14,27,33H,16H2,1-2H3,(H,34,36)(H,35,37)/t27-/m0/s1. The van der Waals surface area contributed by atoms with E-state index in [2.05, 4.69) is 37.9 Å². The molecule has 2 amide bonds. The van der Waals surface area contributed by atoms with Crippen LogP contribution in [0.4, 0.5) is 15.8 Å². The van der Waals surface area contributed by atoms with Crippen LogP contribution in [0, 0.1) is 17.1 Å². The fraction of sp³-hybridized carbons (Fsp3) is 0.138. The van der Waals surface area contributed by atoms with Crippen molar-refractivity contribution in [3.05, 3.63) is 111 Å². The largest absolute Gasteiger partial charge is 0.495 e. The Bertz CT molecular complexity index is 1520. The van der Waals surface area contributed by atoms with Crippen LogP contribution in [0.15, 0.2) is 99.1 Å². The fourth-order valence-corrected chi connectivity index (χ4v) is 5.31. The van der Waals surface area contributed by atoms with E-state index in [1.54, 1.807) is 61.5 Å². The number of amides is 2. The van der Waals surface area contributed by atoms with E-state index in [9.17, 15) is 14.9 Å². The summed E-state index contributed by atoms with van der Waals surface area (Å²) in [5.74, 6) is -1.89. The van der Waals surface area contributed by atoms with Gasteiger partial charge in [0.1, 0.15) is 11.6 Å². The summed E-state index contributed by atoms with van der Waals surface area (Å²) in [5.41, 5.74) is 2.00. The van der Waals surface area contributed by atoms with E-state index in [4.69, 9.17) is 4.74 Å². The van der Waals surface area contributed by atoms with Gasteiger partial charge in [0.05, 0.1) is 41.1 Å². The van der Waals surface area contributed by atoms with Crippen LogP contribution in [0.25, 0.3) is 0 Å². The molecule has 4 rings (SSSR count). The number of carbonyl (C=O) groups excluding carboxylic acids is 2. The number of nitrogens with zero attached hydrogens (tertiary/aromatic N) is 1. The van der Waals surface area contributed by atoms with Crippen LogP contribution < -0.4 is 20.7 Å². The predicted octanol–water partition coefficient (Wildman–Crippen LogP) is 6.30. The second kappa shape index (κ2) is 12.7. The molecular formula is C29H24BrFN4O3S. The first kappa shape index (κ1) is 28.0. The van der Waals surface area contributed by atoms with E-state index in [0.717, 1.165) is 16.2 Å². The number of rotatable bonds is 8. The second-order valence-corrected chi connectivity index (χ2v) is 10.4. The Morgan fingerprint density at radius 1 is 1.08 bits per heavy atom. The van der Waals surface area contributed by atoms with Gasteiger partial charge in [0.2, 0.25) is 5.91 Å². The predicted molar refractivity (Wildman–Crippen MR) is 154 cm³/mol. The monoisotopic (exact) mass is 606 g/mol. The molecule has 0 spiro atoms. The Kier molecular flexibility index (Phi) is 9.07. The van der Waals surface area contributed by atoms with Crippen molar-refractivity contribution in [2.24, 2.45) is 0 Å². The SMILES string of the molecule is COc1ccccc1NC(=O)C1=C(C)NC(SCC(=O)Nc2ccc(Br)cc2)=C(C#N)[C@@H]1c1ccccc1F. The van der Waals surface area contributed by atoms with E-state index in [1.807, 2.05) is 12.1 Å². The van der Waals surface area contributed by atoms with Gasteiger partial charge in [-0.3, -0.25) is 9.59 Å². The summed E-state index contributed by atoms with van der Waals surface area (Å²) in [7, 11) is 1.49. The normalized spacial score (nSPS) is 14.8. The van der Waals surface area contributed by atoms with Gasteiger partial charge in [0, 0.05) is 27.0 Å². The van der Waals surface area contributed by atoms with E-state index in [1.165, 1.54) is 13.2 Å². The third kappa shape index (κ3) is 6.50. The maximum Gasteiger partial charge on any atom is 0.254 e. The van der Waals surface area contributed by atoms with E-state index in [0.29, 0.717) is 27.9 Å². The van der Waals surface area contributed by atoms with Crippen molar-refractivity contribution < 1.29 is 18.7 Å². The topological polar surface area (TPSA) is 103 Å². The van der Waals surface area contributed by atoms with Gasteiger partial charge in [-0.15, -0.1) is 0 Å². The molecule has 3 N–H and O–H groups in total. The molecular weight excluding hydrogens is 583 g/mol. The quantitative estimate of drug-likeness (QED) is 0.278. The Hall–Kier alpha value is -4.07. The third-order valence-corrected chi connectivity index (χ3v) is 7.48. The molecule has 1 atom stereocenters. The maximum atomic E-state index is 15.1. The first-order valence-corrected chi connectivity index (χ1v) is 13.6. The number of nitrogens with one attached hydrogen (secondary N) is 3. The van der Waals surface area contributed by atoms with Crippen molar-refractivity contribution in [2.75, 3.05) is 23.5 Å². The van der Waals surface area contributed by atoms with Crippen molar-refractivity contribution >= 4 is 50.9 Å². The highest BCUT2D eigenvalue weighted by molar-refractivity contribution is 9.10. The van der Waals surface area contributed by atoms with Crippen LogP contribution in [0.1, 0.15) is 18.4 Å². The molecule has 3 aromatic rings. The fourth-order valence-electron chi connectivity index (χ4n) is 4.15. The zero-order chi connectivity index (χ0) is 27.9. The van der Waals surface area contributed by atoms with Crippen LogP contribution >= 0.6 is 27.7 Å². The van der Waals surface area contributed by atoms with E-state index < -0.39 is 17.6 Å². The lowest BCUT2D eigenvalue weighted by molar-refractivity contribution is -0.114. The summed E-state index contributed by atoms with van der Waals surface area (Å²) in [5, 5.41) is 19.3. The number of carbonyl (C=O) groups is 2. The molecule has 0 radical (unpaired) electrons. The highest BCUT2D eigenvalue weighted by Crippen LogP contribution is 2.42. The number of halogens is 2. The molecule has 1 aliphatic rings. The molecule has 198 valence electrons. The summed E-state index contributed by atoms with van der Waals surface area (Å²) in [4.78, 5) is 26.2. The Labute approximate surface area is 238 Å². The number of hydrogen-bond donors (Lipinski definition) is 3. The molecule has 0 fully saturated rings. The molecule has 0 aromatic heterocycles. The number of ether oxygens (including phenoxy) is 1. The molecule has 0 saturated heterocycles. The molecule has 1 heterocycles. The lowest BCUT2D eigenvalue weighted by Gasteiger charge is -2.30. The van der Waals surface area contributed by atoms with Crippen molar-refractivity contribution in [2.45, 2.75) is 12.8 Å².